The molecule has 2 heterocycles. The number of rotatable bonds is 13. The number of nitrogens with one attached hydrogen (secondary N) is 2. The fraction of sp³-hybridized carbons (Fsp3) is 0.344. The molecule has 0 atom stereocenters. The molecule has 221 valence electrons. The molecule has 1 aliphatic rings. The van der Waals surface area contributed by atoms with Crippen LogP contribution in [0.5, 0.6) is 0 Å². The summed E-state index contributed by atoms with van der Waals surface area (Å²) in [7, 11) is 0. The normalized spacial score (nSPS) is 12.6. The van der Waals surface area contributed by atoms with Crippen molar-refractivity contribution >= 4 is 59.2 Å². The van der Waals surface area contributed by atoms with Crippen LogP contribution in [0, 0.1) is 6.92 Å². The molecule has 0 aliphatic carbocycles. The van der Waals surface area contributed by atoms with Gasteiger partial charge in [0.05, 0.1) is 0 Å². The van der Waals surface area contributed by atoms with Crippen LogP contribution < -0.4 is 10.6 Å². The summed E-state index contributed by atoms with van der Waals surface area (Å²) in [6, 6.07) is 15.2. The molecule has 0 spiro atoms. The summed E-state index contributed by atoms with van der Waals surface area (Å²) in [6.45, 7) is 4.92. The zero-order valence-corrected chi connectivity index (χ0v) is 27.5. The standard InChI is InChI=1S/C32H34N7O3.Po/c1-4-6-12-28(40)34-16-17-39-31(41)24-13-14-27(33-15-7-5-2)25-18-21(19-26(29(24)25)32(39)42)22-10-8-9-11-23(22)30-37-35-20(3)36-38-30;/h8-11,13-14,18-19,33H,1,4-7,12,15-17H2,2-3H3,(H,34,40);. The van der Waals surface area contributed by atoms with E-state index in [1.165, 1.54) is 30.0 Å². The van der Waals surface area contributed by atoms with E-state index < -0.39 is 0 Å². The van der Waals surface area contributed by atoms with E-state index in [0.29, 0.717) is 34.6 Å². The summed E-state index contributed by atoms with van der Waals surface area (Å²) in [5.74, 6) is 0.0471. The minimum absolute atomic E-state index is 0.0631. The molecule has 0 bridgehead atoms. The number of imide groups is 1. The fourth-order valence-corrected chi connectivity index (χ4v) is 6.02. The van der Waals surface area contributed by atoms with Crippen LogP contribution in [-0.2, 0) is 4.79 Å². The van der Waals surface area contributed by atoms with Gasteiger partial charge in [0.15, 0.2) is 5.82 Å². The SMILES string of the molecule is CCCCNc1ccc2c3c(cc(-c4ccccc4-c4nnc(C)nn4)cc13)C(=O)N(CCNC(=O)CCC[CH2][Po])C2=O. The van der Waals surface area contributed by atoms with Gasteiger partial charge < -0.3 is 5.32 Å². The van der Waals surface area contributed by atoms with Gasteiger partial charge in [-0.05, 0) is 36.6 Å². The first-order valence-electron chi connectivity index (χ1n) is 14.6. The molecule has 2 N–H and O–H groups in total. The molecule has 0 saturated heterocycles. The first kappa shape index (κ1) is 30.6. The Hall–Kier alpha value is -3.83. The predicted octanol–water partition coefficient (Wildman–Crippen LogP) is 4.74. The molecule has 43 heavy (non-hydrogen) atoms. The third-order valence-corrected chi connectivity index (χ3v) is 8.55. The van der Waals surface area contributed by atoms with Gasteiger partial charge in [0, 0.05) is 23.2 Å². The van der Waals surface area contributed by atoms with E-state index >= 15 is 0 Å². The molecule has 0 fully saturated rings. The van der Waals surface area contributed by atoms with Gasteiger partial charge in [-0.15, -0.1) is 20.4 Å². The van der Waals surface area contributed by atoms with Gasteiger partial charge in [-0.25, -0.2) is 0 Å². The average molecular weight is 774 g/mol. The van der Waals surface area contributed by atoms with Crippen molar-refractivity contribution < 1.29 is 14.4 Å². The molecular weight excluding hydrogens is 739 g/mol. The number of hydrogen-bond acceptors (Lipinski definition) is 8. The van der Waals surface area contributed by atoms with Crippen molar-refractivity contribution in [2.45, 2.75) is 50.0 Å². The summed E-state index contributed by atoms with van der Waals surface area (Å²) >= 11 is 1.51. The molecule has 3 amide bonds. The van der Waals surface area contributed by atoms with Gasteiger partial charge >= 0.3 is 132 Å². The van der Waals surface area contributed by atoms with Crippen LogP contribution in [0.2, 0.25) is 4.08 Å². The van der Waals surface area contributed by atoms with Gasteiger partial charge in [-0.3, -0.25) is 0 Å². The molecule has 11 heteroatoms. The van der Waals surface area contributed by atoms with Gasteiger partial charge in [0.1, 0.15) is 0 Å². The molecule has 1 radical (unpaired) electrons. The molecule has 0 unspecified atom stereocenters. The quantitative estimate of drug-likeness (QED) is 0.147. The zero-order chi connectivity index (χ0) is 30.3. The molecule has 4 aromatic rings. The van der Waals surface area contributed by atoms with Crippen LogP contribution in [0.1, 0.15) is 65.6 Å². The van der Waals surface area contributed by atoms with Gasteiger partial charge in [-0.2, -0.15) is 0 Å². The number of hydrogen-bond donors (Lipinski definition) is 2. The first-order valence-corrected chi connectivity index (χ1v) is 16.9. The fourth-order valence-electron chi connectivity index (χ4n) is 5.23. The number of aromatic nitrogens is 4. The Kier molecular flexibility index (Phi) is 10.0. The number of unbranched alkanes of at least 4 members (excludes halogenated alkanes) is 2. The zero-order valence-electron chi connectivity index (χ0n) is 24.4. The van der Waals surface area contributed by atoms with Gasteiger partial charge in [0.2, 0.25) is 5.82 Å². The minimum atomic E-state index is -0.384. The van der Waals surface area contributed by atoms with E-state index in [0.717, 1.165) is 64.1 Å². The molecule has 0 saturated carbocycles. The number of carbonyl (C=O) groups is 3. The number of nitrogens with zero attached hydrogens (tertiary/aromatic N) is 5. The van der Waals surface area contributed by atoms with Crippen molar-refractivity contribution in [2.24, 2.45) is 0 Å². The topological polar surface area (TPSA) is 130 Å². The van der Waals surface area contributed by atoms with Crippen molar-refractivity contribution in [3.63, 3.8) is 0 Å². The van der Waals surface area contributed by atoms with Crippen molar-refractivity contribution in [2.75, 3.05) is 25.0 Å². The summed E-state index contributed by atoms with van der Waals surface area (Å²) in [4.78, 5) is 41.1. The first-order chi connectivity index (χ1) is 20.9. The summed E-state index contributed by atoms with van der Waals surface area (Å²) in [5, 5.41) is 24.5. The number of benzene rings is 3. The van der Waals surface area contributed by atoms with Gasteiger partial charge in [0.25, 0.3) is 0 Å². The predicted molar refractivity (Wildman–Crippen MR) is 167 cm³/mol. The third-order valence-electron chi connectivity index (χ3n) is 7.43. The molecule has 1 aromatic heterocycles. The maximum absolute atomic E-state index is 14.0. The second-order valence-corrected chi connectivity index (χ2v) is 12.1. The Morgan fingerprint density at radius 1 is 0.860 bits per heavy atom. The Labute approximate surface area is 266 Å². The Morgan fingerprint density at radius 2 is 1.60 bits per heavy atom. The Bertz CT molecular complexity index is 1660. The third kappa shape index (κ3) is 6.72. The Morgan fingerprint density at radius 3 is 2.35 bits per heavy atom. The van der Waals surface area contributed by atoms with Gasteiger partial charge in [-0.1, -0.05) is 37.6 Å². The van der Waals surface area contributed by atoms with E-state index in [2.05, 4.69) is 38.0 Å². The van der Waals surface area contributed by atoms with E-state index in [-0.39, 0.29) is 30.8 Å². The van der Waals surface area contributed by atoms with Crippen molar-refractivity contribution in [1.82, 2.24) is 30.6 Å². The summed E-state index contributed by atoms with van der Waals surface area (Å²) in [6.07, 6.45) is 4.33. The second-order valence-electron chi connectivity index (χ2n) is 10.5. The summed E-state index contributed by atoms with van der Waals surface area (Å²) < 4.78 is 1.11. The number of anilines is 1. The molecule has 1 aliphatic heterocycles. The van der Waals surface area contributed by atoms with Crippen LogP contribution in [0.3, 0.4) is 0 Å². The molecule has 10 nitrogen and oxygen atoms in total. The second kappa shape index (κ2) is 14.1. The molecular formula is C32H34N7O3Po. The number of amides is 3. The van der Waals surface area contributed by atoms with E-state index in [1.807, 2.05) is 42.5 Å². The van der Waals surface area contributed by atoms with Crippen LogP contribution in [-0.4, -0.2) is 87.7 Å². The Balaban J connectivity index is 1.56. The van der Waals surface area contributed by atoms with E-state index in [9.17, 15) is 14.4 Å². The monoisotopic (exact) mass is 773 g/mol. The van der Waals surface area contributed by atoms with Crippen molar-refractivity contribution in [3.05, 3.63) is 65.5 Å². The van der Waals surface area contributed by atoms with Crippen LogP contribution in [0.4, 0.5) is 5.69 Å². The van der Waals surface area contributed by atoms with Crippen molar-refractivity contribution in [1.29, 1.82) is 0 Å². The van der Waals surface area contributed by atoms with Crippen LogP contribution in [0.25, 0.3) is 33.3 Å². The average Bonchev–Trinajstić information content (AvgIpc) is 3.02. The van der Waals surface area contributed by atoms with Crippen LogP contribution >= 0.6 is 0 Å². The van der Waals surface area contributed by atoms with Crippen molar-refractivity contribution in [3.8, 4) is 22.5 Å². The number of aryl methyl sites for hydroxylation is 1. The molecule has 5 rings (SSSR count). The maximum atomic E-state index is 14.0. The van der Waals surface area contributed by atoms with Crippen LogP contribution in [0.15, 0.2) is 48.5 Å². The summed E-state index contributed by atoms with van der Waals surface area (Å²) in [5.41, 5.74) is 4.10. The number of carbonyl (C=O) groups excluding carboxylic acids is 3. The van der Waals surface area contributed by atoms with E-state index in [1.54, 1.807) is 13.0 Å². The van der Waals surface area contributed by atoms with E-state index in [4.69, 9.17) is 0 Å². The molecule has 3 aromatic carbocycles.